The van der Waals surface area contributed by atoms with E-state index < -0.39 is 5.91 Å². The highest BCUT2D eigenvalue weighted by Gasteiger charge is 2.15. The van der Waals surface area contributed by atoms with Crippen LogP contribution in [0, 0.1) is 0 Å². The van der Waals surface area contributed by atoms with Crippen molar-refractivity contribution in [2.24, 2.45) is 10.2 Å². The number of para-hydroxylation sites is 2. The van der Waals surface area contributed by atoms with Gasteiger partial charge in [-0.25, -0.2) is 0 Å². The van der Waals surface area contributed by atoms with E-state index in [1.165, 1.54) is 14.0 Å². The number of carbonyl (C=O) groups excluding carboxylic acids is 1. The number of nitrogens with zero attached hydrogens (tertiary/aromatic N) is 2. The van der Waals surface area contributed by atoms with E-state index in [-0.39, 0.29) is 11.5 Å². The first-order valence-corrected chi connectivity index (χ1v) is 6.93. The van der Waals surface area contributed by atoms with Crippen molar-refractivity contribution in [1.82, 2.24) is 0 Å². The van der Waals surface area contributed by atoms with Gasteiger partial charge in [0, 0.05) is 0 Å². The van der Waals surface area contributed by atoms with E-state index in [2.05, 4.69) is 15.5 Å². The Kier molecular flexibility index (Phi) is 5.46. The van der Waals surface area contributed by atoms with Crippen LogP contribution in [0.3, 0.4) is 0 Å². The lowest BCUT2D eigenvalue weighted by Gasteiger charge is -2.09. The number of methoxy groups -OCH3 is 1. The van der Waals surface area contributed by atoms with E-state index >= 15 is 0 Å². The monoisotopic (exact) mass is 311 g/mol. The normalized spacial score (nSPS) is 11.9. The highest BCUT2D eigenvalue weighted by atomic mass is 16.5. The van der Waals surface area contributed by atoms with Crippen LogP contribution in [0.25, 0.3) is 0 Å². The Balaban J connectivity index is 2.20. The van der Waals surface area contributed by atoms with Gasteiger partial charge in [0.05, 0.1) is 18.5 Å². The van der Waals surface area contributed by atoms with Crippen molar-refractivity contribution in [3.05, 3.63) is 66.1 Å². The molecule has 118 valence electrons. The molecule has 0 fully saturated rings. The maximum atomic E-state index is 12.3. The maximum Gasteiger partial charge on any atom is 0.279 e. The van der Waals surface area contributed by atoms with E-state index in [1.807, 2.05) is 6.07 Å². The van der Waals surface area contributed by atoms with Crippen molar-refractivity contribution < 1.29 is 14.6 Å². The SMILES string of the molecule is COc1ccccc1NC(=O)/C(N=Nc1ccccc1)=C(\C)O. The number of benzene rings is 2. The summed E-state index contributed by atoms with van der Waals surface area (Å²) in [5.74, 6) is -0.290. The van der Waals surface area contributed by atoms with Crippen LogP contribution >= 0.6 is 0 Å². The number of aliphatic hydroxyl groups is 1. The zero-order chi connectivity index (χ0) is 16.7. The van der Waals surface area contributed by atoms with E-state index in [4.69, 9.17) is 4.74 Å². The molecular formula is C17H17N3O3. The van der Waals surface area contributed by atoms with Gasteiger partial charge in [0.2, 0.25) is 0 Å². The molecule has 0 unspecified atom stereocenters. The third-order valence-corrected chi connectivity index (χ3v) is 2.93. The molecule has 2 rings (SSSR count). The number of hydrogen-bond donors (Lipinski definition) is 2. The minimum absolute atomic E-state index is 0.167. The van der Waals surface area contributed by atoms with E-state index in [9.17, 15) is 9.90 Å². The minimum Gasteiger partial charge on any atom is -0.510 e. The zero-order valence-electron chi connectivity index (χ0n) is 12.9. The lowest BCUT2D eigenvalue weighted by Crippen LogP contribution is -2.15. The number of ether oxygens (including phenoxy) is 1. The van der Waals surface area contributed by atoms with Gasteiger partial charge in [0.15, 0.2) is 5.70 Å². The average Bonchev–Trinajstić information content (AvgIpc) is 2.56. The molecule has 0 aliphatic rings. The summed E-state index contributed by atoms with van der Waals surface area (Å²) >= 11 is 0. The van der Waals surface area contributed by atoms with Gasteiger partial charge in [-0.05, 0) is 31.2 Å². The summed E-state index contributed by atoms with van der Waals surface area (Å²) in [6.07, 6.45) is 0. The first-order valence-electron chi connectivity index (χ1n) is 6.93. The Morgan fingerprint density at radius 3 is 2.39 bits per heavy atom. The van der Waals surface area contributed by atoms with Crippen molar-refractivity contribution in [2.45, 2.75) is 6.92 Å². The van der Waals surface area contributed by atoms with Gasteiger partial charge in [-0.2, -0.15) is 5.11 Å². The summed E-state index contributed by atoms with van der Waals surface area (Å²) in [7, 11) is 1.51. The highest BCUT2D eigenvalue weighted by molar-refractivity contribution is 6.04. The van der Waals surface area contributed by atoms with Crippen LogP contribution < -0.4 is 10.1 Å². The molecule has 1 amide bonds. The average molecular weight is 311 g/mol. The summed E-state index contributed by atoms with van der Waals surface area (Å²) in [5.41, 5.74) is 0.893. The van der Waals surface area contributed by atoms with Gasteiger partial charge in [0.25, 0.3) is 5.91 Å². The number of carbonyl (C=O) groups is 1. The summed E-state index contributed by atoms with van der Waals surface area (Å²) in [5, 5.41) is 20.1. The van der Waals surface area contributed by atoms with E-state index in [1.54, 1.807) is 48.5 Å². The number of rotatable bonds is 5. The Bertz CT molecular complexity index is 736. The van der Waals surface area contributed by atoms with Gasteiger partial charge in [-0.15, -0.1) is 5.11 Å². The molecule has 0 bridgehead atoms. The van der Waals surface area contributed by atoms with Crippen molar-refractivity contribution in [1.29, 1.82) is 0 Å². The number of allylic oxidation sites excluding steroid dienone is 1. The maximum absolute atomic E-state index is 12.3. The summed E-state index contributed by atoms with van der Waals surface area (Å²) in [6, 6.07) is 15.9. The molecular weight excluding hydrogens is 294 g/mol. The number of amides is 1. The standard InChI is InChI=1S/C17H17N3O3/c1-12(21)16(20-19-13-8-4-3-5-9-13)17(22)18-14-10-6-7-11-15(14)23-2/h3-11,21H,1-2H3,(H,18,22)/b16-12-,20-19?. The van der Waals surface area contributed by atoms with Crippen LogP contribution in [0.5, 0.6) is 5.75 Å². The molecule has 2 aromatic rings. The van der Waals surface area contributed by atoms with Crippen LogP contribution in [0.15, 0.2) is 76.3 Å². The number of hydrogen-bond acceptors (Lipinski definition) is 5. The summed E-state index contributed by atoms with van der Waals surface area (Å²) < 4.78 is 5.17. The Labute approximate surface area is 134 Å². The van der Waals surface area contributed by atoms with Crippen molar-refractivity contribution in [3.8, 4) is 5.75 Å². The lowest BCUT2D eigenvalue weighted by molar-refractivity contribution is -0.113. The van der Waals surface area contributed by atoms with Crippen LogP contribution in [-0.4, -0.2) is 18.1 Å². The molecule has 0 spiro atoms. The molecule has 23 heavy (non-hydrogen) atoms. The van der Waals surface area contributed by atoms with Gasteiger partial charge in [0.1, 0.15) is 11.5 Å². The number of anilines is 1. The third kappa shape index (κ3) is 4.41. The van der Waals surface area contributed by atoms with Crippen molar-refractivity contribution in [2.75, 3.05) is 12.4 Å². The third-order valence-electron chi connectivity index (χ3n) is 2.93. The van der Waals surface area contributed by atoms with Gasteiger partial charge in [-0.1, -0.05) is 30.3 Å². The molecule has 0 aliphatic heterocycles. The van der Waals surface area contributed by atoms with Crippen LogP contribution in [-0.2, 0) is 4.79 Å². The largest absolute Gasteiger partial charge is 0.510 e. The number of nitrogens with one attached hydrogen (secondary N) is 1. The molecule has 0 radical (unpaired) electrons. The number of aliphatic hydroxyl groups excluding tert-OH is 1. The van der Waals surface area contributed by atoms with E-state index in [0.717, 1.165) is 0 Å². The predicted molar refractivity (Wildman–Crippen MR) is 87.9 cm³/mol. The summed E-state index contributed by atoms with van der Waals surface area (Å²) in [4.78, 5) is 12.3. The quantitative estimate of drug-likeness (QED) is 0.493. The molecule has 2 N–H and O–H groups in total. The van der Waals surface area contributed by atoms with Crippen molar-refractivity contribution in [3.63, 3.8) is 0 Å². The fraction of sp³-hybridized carbons (Fsp3) is 0.118. The van der Waals surface area contributed by atoms with Gasteiger partial charge in [-0.3, -0.25) is 4.79 Å². The fourth-order valence-corrected chi connectivity index (χ4v) is 1.81. The summed E-state index contributed by atoms with van der Waals surface area (Å²) in [6.45, 7) is 1.38. The fourth-order valence-electron chi connectivity index (χ4n) is 1.81. The Hall–Kier alpha value is -3.15. The van der Waals surface area contributed by atoms with Gasteiger partial charge >= 0.3 is 0 Å². The van der Waals surface area contributed by atoms with Crippen LogP contribution in [0.1, 0.15) is 6.92 Å². The predicted octanol–water partition coefficient (Wildman–Crippen LogP) is 4.21. The topological polar surface area (TPSA) is 83.3 Å². The first-order chi connectivity index (χ1) is 11.1. The Morgan fingerprint density at radius 1 is 1.09 bits per heavy atom. The Morgan fingerprint density at radius 2 is 1.74 bits per heavy atom. The van der Waals surface area contributed by atoms with Crippen molar-refractivity contribution >= 4 is 17.3 Å². The molecule has 0 saturated heterocycles. The van der Waals surface area contributed by atoms with E-state index in [0.29, 0.717) is 17.1 Å². The second kappa shape index (κ2) is 7.74. The smallest absolute Gasteiger partial charge is 0.279 e. The molecule has 0 aliphatic carbocycles. The second-order valence-electron chi connectivity index (χ2n) is 4.62. The van der Waals surface area contributed by atoms with Crippen LogP contribution in [0.2, 0.25) is 0 Å². The molecule has 0 heterocycles. The van der Waals surface area contributed by atoms with Crippen LogP contribution in [0.4, 0.5) is 11.4 Å². The second-order valence-corrected chi connectivity index (χ2v) is 4.62. The molecule has 6 heteroatoms. The molecule has 0 saturated carbocycles. The zero-order valence-corrected chi connectivity index (χ0v) is 12.9. The molecule has 0 atom stereocenters. The number of azo groups is 1. The first kappa shape index (κ1) is 16.2. The lowest BCUT2D eigenvalue weighted by atomic mass is 10.2. The molecule has 0 aromatic heterocycles. The highest BCUT2D eigenvalue weighted by Crippen LogP contribution is 2.24. The van der Waals surface area contributed by atoms with Gasteiger partial charge < -0.3 is 15.2 Å². The molecule has 6 nitrogen and oxygen atoms in total. The molecule has 2 aromatic carbocycles. The minimum atomic E-state index is -0.575.